The number of hydrogen-bond acceptors (Lipinski definition) is 3. The first-order chi connectivity index (χ1) is 8.70. The van der Waals surface area contributed by atoms with Crippen LogP contribution in [0.25, 0.3) is 0 Å². The molecule has 1 fully saturated rings. The Hall–Kier alpha value is -1.62. The molecule has 1 aromatic carbocycles. The Bertz CT molecular complexity index is 431. The van der Waals surface area contributed by atoms with Gasteiger partial charge in [-0.25, -0.2) is 4.39 Å². The SMILES string of the molecule is COc1ccc(CNC(=O)C2CCCN2)cc1F. The number of nitrogens with one attached hydrogen (secondary N) is 2. The van der Waals surface area contributed by atoms with E-state index in [1.165, 1.54) is 13.2 Å². The second-order valence-electron chi connectivity index (χ2n) is 4.34. The summed E-state index contributed by atoms with van der Waals surface area (Å²) in [7, 11) is 1.42. The summed E-state index contributed by atoms with van der Waals surface area (Å²) in [6.07, 6.45) is 1.89. The van der Waals surface area contributed by atoms with E-state index in [0.717, 1.165) is 24.9 Å². The van der Waals surface area contributed by atoms with Gasteiger partial charge in [0.15, 0.2) is 11.6 Å². The molecule has 98 valence electrons. The van der Waals surface area contributed by atoms with Crippen molar-refractivity contribution in [3.05, 3.63) is 29.6 Å². The minimum Gasteiger partial charge on any atom is -0.494 e. The summed E-state index contributed by atoms with van der Waals surface area (Å²) in [4.78, 5) is 11.7. The van der Waals surface area contributed by atoms with Gasteiger partial charge in [0.05, 0.1) is 13.2 Å². The van der Waals surface area contributed by atoms with Crippen LogP contribution in [0.5, 0.6) is 5.75 Å². The predicted octanol–water partition coefficient (Wildman–Crippen LogP) is 1.20. The first kappa shape index (κ1) is 12.8. The number of amides is 1. The van der Waals surface area contributed by atoms with Crippen LogP contribution in [0.15, 0.2) is 18.2 Å². The Balaban J connectivity index is 1.89. The number of methoxy groups -OCH3 is 1. The highest BCUT2D eigenvalue weighted by Crippen LogP contribution is 2.17. The monoisotopic (exact) mass is 252 g/mol. The summed E-state index contributed by atoms with van der Waals surface area (Å²) in [5.74, 6) is -0.227. The van der Waals surface area contributed by atoms with Gasteiger partial charge in [0, 0.05) is 6.54 Å². The molecule has 18 heavy (non-hydrogen) atoms. The standard InChI is InChI=1S/C13H17FN2O2/c1-18-12-5-4-9(7-10(12)14)8-16-13(17)11-3-2-6-15-11/h4-5,7,11,15H,2-3,6,8H2,1H3,(H,16,17). The molecule has 1 heterocycles. The smallest absolute Gasteiger partial charge is 0.237 e. The second-order valence-corrected chi connectivity index (χ2v) is 4.34. The van der Waals surface area contributed by atoms with Crippen LogP contribution in [-0.4, -0.2) is 25.6 Å². The van der Waals surface area contributed by atoms with E-state index in [1.54, 1.807) is 12.1 Å². The minimum atomic E-state index is -0.414. The third kappa shape index (κ3) is 2.98. The average Bonchev–Trinajstić information content (AvgIpc) is 2.90. The zero-order valence-corrected chi connectivity index (χ0v) is 10.3. The molecule has 0 aromatic heterocycles. The van der Waals surface area contributed by atoms with Gasteiger partial charge in [-0.3, -0.25) is 4.79 Å². The van der Waals surface area contributed by atoms with Crippen molar-refractivity contribution in [2.45, 2.75) is 25.4 Å². The van der Waals surface area contributed by atoms with E-state index in [0.29, 0.717) is 6.54 Å². The van der Waals surface area contributed by atoms with Gasteiger partial charge in [0.25, 0.3) is 0 Å². The lowest BCUT2D eigenvalue weighted by molar-refractivity contribution is -0.122. The van der Waals surface area contributed by atoms with Crippen molar-refractivity contribution in [3.8, 4) is 5.75 Å². The molecule has 0 saturated carbocycles. The van der Waals surface area contributed by atoms with Gasteiger partial charge < -0.3 is 15.4 Å². The molecule has 1 aromatic rings. The van der Waals surface area contributed by atoms with E-state index >= 15 is 0 Å². The number of hydrogen-bond donors (Lipinski definition) is 2. The molecule has 5 heteroatoms. The number of benzene rings is 1. The number of ether oxygens (including phenoxy) is 1. The molecule has 2 rings (SSSR count). The average molecular weight is 252 g/mol. The highest BCUT2D eigenvalue weighted by Gasteiger charge is 2.21. The summed E-state index contributed by atoms with van der Waals surface area (Å²) in [6.45, 7) is 1.22. The highest BCUT2D eigenvalue weighted by atomic mass is 19.1. The van der Waals surface area contributed by atoms with Gasteiger partial charge in [0.2, 0.25) is 5.91 Å². The van der Waals surface area contributed by atoms with Crippen molar-refractivity contribution >= 4 is 5.91 Å². The fraction of sp³-hybridized carbons (Fsp3) is 0.462. The summed E-state index contributed by atoms with van der Waals surface area (Å²) in [6, 6.07) is 4.57. The van der Waals surface area contributed by atoms with Gasteiger partial charge in [-0.05, 0) is 37.1 Å². The van der Waals surface area contributed by atoms with Crippen molar-refractivity contribution in [1.29, 1.82) is 0 Å². The van der Waals surface area contributed by atoms with Gasteiger partial charge in [0.1, 0.15) is 0 Å². The van der Waals surface area contributed by atoms with Crippen molar-refractivity contribution in [3.63, 3.8) is 0 Å². The quantitative estimate of drug-likeness (QED) is 0.846. The van der Waals surface area contributed by atoms with Gasteiger partial charge >= 0.3 is 0 Å². The molecule has 2 N–H and O–H groups in total. The van der Waals surface area contributed by atoms with E-state index in [9.17, 15) is 9.18 Å². The van der Waals surface area contributed by atoms with E-state index in [-0.39, 0.29) is 17.7 Å². The molecule has 1 amide bonds. The second kappa shape index (κ2) is 5.82. The fourth-order valence-corrected chi connectivity index (χ4v) is 2.04. The molecule has 0 bridgehead atoms. The molecule has 0 aliphatic carbocycles. The van der Waals surface area contributed by atoms with Crippen molar-refractivity contribution in [2.24, 2.45) is 0 Å². The van der Waals surface area contributed by atoms with Crippen molar-refractivity contribution in [1.82, 2.24) is 10.6 Å². The summed E-state index contributed by atoms with van der Waals surface area (Å²) in [5.41, 5.74) is 0.722. The Morgan fingerprint density at radius 2 is 2.44 bits per heavy atom. The van der Waals surface area contributed by atoms with Crippen LogP contribution in [0.1, 0.15) is 18.4 Å². The lowest BCUT2D eigenvalue weighted by atomic mass is 10.2. The summed E-state index contributed by atoms with van der Waals surface area (Å²) >= 11 is 0. The number of rotatable bonds is 4. The Labute approximate surface area is 106 Å². The fourth-order valence-electron chi connectivity index (χ4n) is 2.04. The number of carbonyl (C=O) groups is 1. The molecular weight excluding hydrogens is 235 g/mol. The van der Waals surface area contributed by atoms with Crippen LogP contribution < -0.4 is 15.4 Å². The summed E-state index contributed by atoms with van der Waals surface area (Å²) in [5, 5.41) is 5.91. The van der Waals surface area contributed by atoms with Crippen LogP contribution >= 0.6 is 0 Å². The first-order valence-electron chi connectivity index (χ1n) is 6.04. The van der Waals surface area contributed by atoms with Crippen molar-refractivity contribution < 1.29 is 13.9 Å². The lowest BCUT2D eigenvalue weighted by Crippen LogP contribution is -2.40. The zero-order chi connectivity index (χ0) is 13.0. The Morgan fingerprint density at radius 3 is 3.06 bits per heavy atom. The Kier molecular flexibility index (Phi) is 4.15. The van der Waals surface area contributed by atoms with Crippen LogP contribution in [0, 0.1) is 5.82 Å². The van der Waals surface area contributed by atoms with Crippen LogP contribution in [0.3, 0.4) is 0 Å². The third-order valence-corrected chi connectivity index (χ3v) is 3.06. The lowest BCUT2D eigenvalue weighted by Gasteiger charge is -2.11. The molecular formula is C13H17FN2O2. The highest BCUT2D eigenvalue weighted by molar-refractivity contribution is 5.81. The topological polar surface area (TPSA) is 50.4 Å². The maximum absolute atomic E-state index is 13.4. The normalized spacial score (nSPS) is 18.7. The molecule has 1 aliphatic heterocycles. The maximum atomic E-state index is 13.4. The van der Waals surface area contributed by atoms with Gasteiger partial charge in [-0.1, -0.05) is 6.07 Å². The molecule has 0 spiro atoms. The van der Waals surface area contributed by atoms with Gasteiger partial charge in [-0.15, -0.1) is 0 Å². The number of carbonyl (C=O) groups excluding carboxylic acids is 1. The molecule has 0 radical (unpaired) electrons. The zero-order valence-electron chi connectivity index (χ0n) is 10.3. The molecule has 1 unspecified atom stereocenters. The van der Waals surface area contributed by atoms with Crippen LogP contribution in [0.4, 0.5) is 4.39 Å². The first-order valence-corrected chi connectivity index (χ1v) is 6.04. The van der Waals surface area contributed by atoms with Gasteiger partial charge in [-0.2, -0.15) is 0 Å². The molecule has 1 aliphatic rings. The van der Waals surface area contributed by atoms with E-state index in [1.807, 2.05) is 0 Å². The number of halogens is 1. The van der Waals surface area contributed by atoms with E-state index < -0.39 is 5.82 Å². The largest absolute Gasteiger partial charge is 0.494 e. The van der Waals surface area contributed by atoms with Crippen LogP contribution in [0.2, 0.25) is 0 Å². The van der Waals surface area contributed by atoms with Crippen molar-refractivity contribution in [2.75, 3.05) is 13.7 Å². The maximum Gasteiger partial charge on any atom is 0.237 e. The summed E-state index contributed by atoms with van der Waals surface area (Å²) < 4.78 is 18.3. The predicted molar refractivity (Wildman–Crippen MR) is 65.8 cm³/mol. The Morgan fingerprint density at radius 1 is 1.61 bits per heavy atom. The molecule has 1 saturated heterocycles. The third-order valence-electron chi connectivity index (χ3n) is 3.06. The van der Waals surface area contributed by atoms with Crippen LogP contribution in [-0.2, 0) is 11.3 Å². The molecule has 4 nitrogen and oxygen atoms in total. The molecule has 1 atom stereocenters. The van der Waals surface area contributed by atoms with E-state index in [4.69, 9.17) is 4.74 Å². The van der Waals surface area contributed by atoms with E-state index in [2.05, 4.69) is 10.6 Å². The minimum absolute atomic E-state index is 0.0243.